The van der Waals surface area contributed by atoms with E-state index in [9.17, 15) is 0 Å². The first-order valence-corrected chi connectivity index (χ1v) is 9.65. The van der Waals surface area contributed by atoms with Gasteiger partial charge in [0.25, 0.3) is 0 Å². The summed E-state index contributed by atoms with van der Waals surface area (Å²) < 4.78 is 6.23. The first-order chi connectivity index (χ1) is 10.3. The van der Waals surface area contributed by atoms with Crippen molar-refractivity contribution in [3.8, 4) is 0 Å². The number of hydrogen-bond acceptors (Lipinski definition) is 3. The molecule has 1 fully saturated rings. The van der Waals surface area contributed by atoms with Gasteiger partial charge < -0.3 is 10.1 Å². The summed E-state index contributed by atoms with van der Waals surface area (Å²) >= 11 is 1.80. The van der Waals surface area contributed by atoms with Gasteiger partial charge in [-0.05, 0) is 67.5 Å². The van der Waals surface area contributed by atoms with E-state index < -0.39 is 0 Å². The van der Waals surface area contributed by atoms with Crippen LogP contribution in [0.25, 0.3) is 0 Å². The standard InChI is InChI=1S/C18H31NOS/c1-3-11-19-17(13-15-10-12-21-14-15)18(20-4-2)16-8-6-5-7-9-16/h10,12,14,16-19H,3-9,11,13H2,1-2H3. The summed E-state index contributed by atoms with van der Waals surface area (Å²) in [4.78, 5) is 0. The van der Waals surface area contributed by atoms with Gasteiger partial charge in [0.1, 0.15) is 0 Å². The molecule has 2 atom stereocenters. The van der Waals surface area contributed by atoms with Gasteiger partial charge in [-0.15, -0.1) is 0 Å². The van der Waals surface area contributed by atoms with E-state index in [0.29, 0.717) is 12.1 Å². The second kappa shape index (κ2) is 9.60. The zero-order chi connectivity index (χ0) is 14.9. The fourth-order valence-electron chi connectivity index (χ4n) is 3.53. The van der Waals surface area contributed by atoms with Gasteiger partial charge in [0.2, 0.25) is 0 Å². The van der Waals surface area contributed by atoms with E-state index in [1.807, 2.05) is 0 Å². The number of rotatable bonds is 9. The monoisotopic (exact) mass is 309 g/mol. The Labute approximate surface area is 134 Å². The third kappa shape index (κ3) is 5.39. The molecule has 0 spiro atoms. The Morgan fingerprint density at radius 1 is 1.29 bits per heavy atom. The molecule has 1 aliphatic carbocycles. The molecular formula is C18H31NOS. The predicted molar refractivity (Wildman–Crippen MR) is 92.1 cm³/mol. The molecule has 2 unspecified atom stereocenters. The van der Waals surface area contributed by atoms with E-state index in [1.54, 1.807) is 11.3 Å². The lowest BCUT2D eigenvalue weighted by molar-refractivity contribution is -0.0174. The van der Waals surface area contributed by atoms with Crippen molar-refractivity contribution in [1.29, 1.82) is 0 Å². The van der Waals surface area contributed by atoms with Crippen LogP contribution >= 0.6 is 11.3 Å². The van der Waals surface area contributed by atoms with Gasteiger partial charge in [-0.2, -0.15) is 11.3 Å². The van der Waals surface area contributed by atoms with E-state index in [0.717, 1.165) is 25.5 Å². The quantitative estimate of drug-likeness (QED) is 0.717. The average molecular weight is 310 g/mol. The predicted octanol–water partition coefficient (Wildman–Crippen LogP) is 4.64. The van der Waals surface area contributed by atoms with Gasteiger partial charge in [0, 0.05) is 12.6 Å². The fraction of sp³-hybridized carbons (Fsp3) is 0.778. The molecule has 1 aromatic rings. The molecule has 3 heteroatoms. The first kappa shape index (κ1) is 17.0. The third-order valence-electron chi connectivity index (χ3n) is 4.56. The van der Waals surface area contributed by atoms with E-state index in [-0.39, 0.29) is 0 Å². The molecule has 1 aromatic heterocycles. The van der Waals surface area contributed by atoms with Crippen LogP contribution in [0, 0.1) is 5.92 Å². The highest BCUT2D eigenvalue weighted by Gasteiger charge is 2.31. The summed E-state index contributed by atoms with van der Waals surface area (Å²) in [6.45, 7) is 6.29. The molecule has 0 amide bonds. The van der Waals surface area contributed by atoms with Crippen LogP contribution in [0.5, 0.6) is 0 Å². The molecule has 0 radical (unpaired) electrons. The molecule has 0 aliphatic heterocycles. The van der Waals surface area contributed by atoms with Gasteiger partial charge >= 0.3 is 0 Å². The molecule has 120 valence electrons. The largest absolute Gasteiger partial charge is 0.377 e. The SMILES string of the molecule is CCCNC(Cc1ccsc1)C(OCC)C1CCCCC1. The molecule has 1 saturated carbocycles. The van der Waals surface area contributed by atoms with Crippen molar-refractivity contribution in [3.63, 3.8) is 0 Å². The highest BCUT2D eigenvalue weighted by Crippen LogP contribution is 2.30. The van der Waals surface area contributed by atoms with Crippen molar-refractivity contribution in [2.75, 3.05) is 13.2 Å². The van der Waals surface area contributed by atoms with E-state index in [1.165, 1.54) is 44.1 Å². The minimum Gasteiger partial charge on any atom is -0.377 e. The van der Waals surface area contributed by atoms with Crippen molar-refractivity contribution >= 4 is 11.3 Å². The Morgan fingerprint density at radius 2 is 2.10 bits per heavy atom. The van der Waals surface area contributed by atoms with Gasteiger partial charge in [-0.3, -0.25) is 0 Å². The van der Waals surface area contributed by atoms with Crippen molar-refractivity contribution in [2.24, 2.45) is 5.92 Å². The number of hydrogen-bond donors (Lipinski definition) is 1. The number of thiophene rings is 1. The van der Waals surface area contributed by atoms with Gasteiger partial charge in [0.05, 0.1) is 6.10 Å². The van der Waals surface area contributed by atoms with Crippen LogP contribution < -0.4 is 5.32 Å². The molecule has 0 bridgehead atoms. The van der Waals surface area contributed by atoms with Crippen LogP contribution in [0.15, 0.2) is 16.8 Å². The van der Waals surface area contributed by atoms with Gasteiger partial charge in [-0.1, -0.05) is 26.2 Å². The van der Waals surface area contributed by atoms with Crippen LogP contribution in [0.2, 0.25) is 0 Å². The number of nitrogens with one attached hydrogen (secondary N) is 1. The molecule has 1 aliphatic rings. The summed E-state index contributed by atoms with van der Waals surface area (Å²) in [5.41, 5.74) is 1.45. The average Bonchev–Trinajstić information content (AvgIpc) is 3.03. The highest BCUT2D eigenvalue weighted by atomic mass is 32.1. The second-order valence-electron chi connectivity index (χ2n) is 6.21. The highest BCUT2D eigenvalue weighted by molar-refractivity contribution is 7.07. The zero-order valence-electron chi connectivity index (χ0n) is 13.6. The summed E-state index contributed by atoms with van der Waals surface area (Å²) in [5, 5.41) is 8.23. The third-order valence-corrected chi connectivity index (χ3v) is 5.29. The van der Waals surface area contributed by atoms with E-state index in [2.05, 4.69) is 36.0 Å². The summed E-state index contributed by atoms with van der Waals surface area (Å²) in [5.74, 6) is 0.742. The van der Waals surface area contributed by atoms with E-state index >= 15 is 0 Å². The van der Waals surface area contributed by atoms with Crippen molar-refractivity contribution < 1.29 is 4.74 Å². The minimum atomic E-state index is 0.377. The molecular weight excluding hydrogens is 278 g/mol. The lowest BCUT2D eigenvalue weighted by Gasteiger charge is -2.36. The molecule has 0 aromatic carbocycles. The van der Waals surface area contributed by atoms with Crippen molar-refractivity contribution in [2.45, 2.75) is 70.9 Å². The van der Waals surface area contributed by atoms with Gasteiger partial charge in [-0.25, -0.2) is 0 Å². The molecule has 21 heavy (non-hydrogen) atoms. The Kier molecular flexibility index (Phi) is 7.76. The Hall–Kier alpha value is -0.380. The number of ether oxygens (including phenoxy) is 1. The van der Waals surface area contributed by atoms with Crippen LogP contribution in [-0.4, -0.2) is 25.3 Å². The molecule has 0 saturated heterocycles. The lowest BCUT2D eigenvalue weighted by atomic mass is 9.81. The Balaban J connectivity index is 2.04. The zero-order valence-corrected chi connectivity index (χ0v) is 14.5. The summed E-state index contributed by atoms with van der Waals surface area (Å²) in [7, 11) is 0. The van der Waals surface area contributed by atoms with Crippen molar-refractivity contribution in [3.05, 3.63) is 22.4 Å². The van der Waals surface area contributed by atoms with Crippen LogP contribution in [-0.2, 0) is 11.2 Å². The minimum absolute atomic E-state index is 0.377. The molecule has 1 N–H and O–H groups in total. The topological polar surface area (TPSA) is 21.3 Å². The maximum atomic E-state index is 6.23. The summed E-state index contributed by atoms with van der Waals surface area (Å²) in [6, 6.07) is 2.72. The maximum absolute atomic E-state index is 6.23. The molecule has 2 nitrogen and oxygen atoms in total. The van der Waals surface area contributed by atoms with E-state index in [4.69, 9.17) is 4.74 Å². The Morgan fingerprint density at radius 3 is 2.71 bits per heavy atom. The first-order valence-electron chi connectivity index (χ1n) is 8.71. The van der Waals surface area contributed by atoms with Crippen LogP contribution in [0.3, 0.4) is 0 Å². The van der Waals surface area contributed by atoms with Crippen LogP contribution in [0.1, 0.15) is 57.9 Å². The Bertz CT molecular complexity index is 359. The smallest absolute Gasteiger partial charge is 0.0759 e. The fourth-order valence-corrected chi connectivity index (χ4v) is 4.21. The van der Waals surface area contributed by atoms with Crippen LogP contribution in [0.4, 0.5) is 0 Å². The lowest BCUT2D eigenvalue weighted by Crippen LogP contribution is -2.47. The van der Waals surface area contributed by atoms with Gasteiger partial charge in [0.15, 0.2) is 0 Å². The summed E-state index contributed by atoms with van der Waals surface area (Å²) in [6.07, 6.45) is 9.53. The molecule has 1 heterocycles. The normalized spacial score (nSPS) is 19.5. The van der Waals surface area contributed by atoms with Crippen molar-refractivity contribution in [1.82, 2.24) is 5.32 Å². The molecule has 2 rings (SSSR count). The maximum Gasteiger partial charge on any atom is 0.0759 e. The second-order valence-corrected chi connectivity index (χ2v) is 6.99.